The second kappa shape index (κ2) is 27.4. The summed E-state index contributed by atoms with van der Waals surface area (Å²) >= 11 is 0. The van der Waals surface area contributed by atoms with Crippen LogP contribution in [0.4, 0.5) is 11.8 Å². The van der Waals surface area contributed by atoms with Crippen LogP contribution >= 0.6 is 7.60 Å². The highest BCUT2D eigenvalue weighted by Crippen LogP contribution is 2.52. The van der Waals surface area contributed by atoms with E-state index in [0.29, 0.717) is 41.5 Å². The van der Waals surface area contributed by atoms with Crippen molar-refractivity contribution in [2.24, 2.45) is 5.92 Å². The Morgan fingerprint density at radius 3 is 1.75 bits per heavy atom. The second-order valence-electron chi connectivity index (χ2n) is 24.2. The lowest BCUT2D eigenvalue weighted by Crippen LogP contribution is -2.69. The van der Waals surface area contributed by atoms with Gasteiger partial charge in [0.05, 0.1) is 33.8 Å². The van der Waals surface area contributed by atoms with E-state index in [-0.39, 0.29) is 29.6 Å². The van der Waals surface area contributed by atoms with E-state index in [4.69, 9.17) is 42.1 Å². The van der Waals surface area contributed by atoms with Crippen LogP contribution in [0.3, 0.4) is 0 Å². The lowest BCUT2D eigenvalue weighted by atomic mass is 9.80. The molecule has 1 unspecified atom stereocenters. The predicted molar refractivity (Wildman–Crippen MR) is 349 cm³/mol. The molecule has 11 rings (SSSR count). The van der Waals surface area contributed by atoms with Crippen molar-refractivity contribution in [3.05, 3.63) is 232 Å². The van der Waals surface area contributed by atoms with Gasteiger partial charge in [0.2, 0.25) is 5.95 Å². The van der Waals surface area contributed by atoms with Crippen molar-refractivity contribution in [1.82, 2.24) is 29.1 Å². The summed E-state index contributed by atoms with van der Waals surface area (Å²) in [5, 5.41) is 33.2. The molecule has 0 spiro atoms. The van der Waals surface area contributed by atoms with Crippen molar-refractivity contribution >= 4 is 49.2 Å². The van der Waals surface area contributed by atoms with Crippen molar-refractivity contribution in [2.75, 3.05) is 51.3 Å². The minimum Gasteiger partial charge on any atom is -0.497 e. The van der Waals surface area contributed by atoms with Crippen LogP contribution in [0.15, 0.2) is 198 Å². The number of hydrogen-bond donors (Lipinski definition) is 5. The van der Waals surface area contributed by atoms with E-state index in [1.165, 1.54) is 28.3 Å². The van der Waals surface area contributed by atoms with Gasteiger partial charge >= 0.3 is 13.3 Å². The molecule has 3 aromatic heterocycles. The fourth-order valence-corrected chi connectivity index (χ4v) is 18.0. The minimum absolute atomic E-state index is 0.0183. The van der Waals surface area contributed by atoms with Gasteiger partial charge in [-0.25, -0.2) is 9.78 Å². The third-order valence-corrected chi connectivity index (χ3v) is 22.9. The van der Waals surface area contributed by atoms with Gasteiger partial charge in [0.25, 0.3) is 13.9 Å². The Balaban J connectivity index is 0.959. The zero-order valence-electron chi connectivity index (χ0n) is 52.0. The summed E-state index contributed by atoms with van der Waals surface area (Å²) in [6, 6.07) is 55.6. The van der Waals surface area contributed by atoms with Gasteiger partial charge in [0.15, 0.2) is 23.6 Å². The number of rotatable bonds is 25. The molecule has 0 aliphatic carbocycles. The molecule has 2 fully saturated rings. The fraction of sp³-hybridized carbons (Fsp3) is 0.338. The van der Waals surface area contributed by atoms with Gasteiger partial charge in [-0.3, -0.25) is 28.0 Å². The van der Waals surface area contributed by atoms with E-state index < -0.39 is 93.5 Å². The minimum atomic E-state index is -4.42. The first-order valence-corrected chi connectivity index (χ1v) is 34.1. The number of aliphatic hydroxyl groups excluding tert-OH is 2. The van der Waals surface area contributed by atoms with Crippen molar-refractivity contribution in [2.45, 2.75) is 101 Å². The molecule has 0 bridgehead atoms. The molecular formula is C68H77N8O13PSi. The Morgan fingerprint density at radius 1 is 0.670 bits per heavy atom. The lowest BCUT2D eigenvalue weighted by Gasteiger charge is -2.45. The van der Waals surface area contributed by atoms with Gasteiger partial charge in [0.1, 0.15) is 59.5 Å². The molecule has 0 amide bonds. The highest BCUT2D eigenvalue weighted by Gasteiger charge is 2.57. The number of ether oxygens (including phenoxy) is 5. The fourth-order valence-electron chi connectivity index (χ4n) is 12.1. The van der Waals surface area contributed by atoms with Crippen LogP contribution in [-0.4, -0.2) is 125 Å². The standard InChI is InChI=1S/C68H77N8O13PSi/c1-44(2)39-70-65-73-61-56(62(79)74-65)71-43-76(61)64-57(77)59(53(86-64)41-84-68(46-23-15-10-16-24-46,47-29-33-49(82-6)34-30-47)48-31-35-50(83-7)36-32-48)88-90(8,81)85-42-54-60(89-91(67(3,4)5,51-25-17-11-18-26-51)52-27-19-12-20-28-52)58(78)63(87-54)75-38-37-55(72-66(75)80)69-40-45-21-13-9-14-22-45/h9-38,43-44,53-54,57-60,63-64,77-78H,39-42H2,1-8H3,(H,69,72,80)(H2,70,73,74,79)/t53-,54-,57-,58-,59-,60-,63-,64-,90?/m1/s1. The Labute approximate surface area is 529 Å². The third kappa shape index (κ3) is 13.5. The van der Waals surface area contributed by atoms with Crippen LogP contribution in [0, 0.1) is 5.92 Å². The maximum absolute atomic E-state index is 15.5. The normalized spacial score (nSPS) is 21.0. The zero-order valence-corrected chi connectivity index (χ0v) is 53.9. The first kappa shape index (κ1) is 64.4. The summed E-state index contributed by atoms with van der Waals surface area (Å²) in [5.74, 6) is 1.92. The van der Waals surface area contributed by atoms with E-state index in [0.717, 1.165) is 21.5 Å². The van der Waals surface area contributed by atoms with Crippen LogP contribution in [0.5, 0.6) is 11.5 Å². The summed E-state index contributed by atoms with van der Waals surface area (Å²) in [6.45, 7) is 11.7. The first-order valence-electron chi connectivity index (χ1n) is 30.2. The number of H-pyrrole nitrogens is 1. The molecule has 91 heavy (non-hydrogen) atoms. The molecular weight excluding hydrogens is 1200 g/mol. The van der Waals surface area contributed by atoms with Gasteiger partial charge in [0, 0.05) is 26.0 Å². The highest BCUT2D eigenvalue weighted by atomic mass is 31.2. The molecule has 9 atom stereocenters. The average Bonchev–Trinajstić information content (AvgIpc) is 1.75. The average molecular weight is 1270 g/mol. The van der Waals surface area contributed by atoms with Crippen LogP contribution in [-0.2, 0) is 44.4 Å². The first-order chi connectivity index (χ1) is 43.8. The number of anilines is 2. The molecule has 6 aromatic carbocycles. The topological polar surface area (TPSA) is 254 Å². The Hall–Kier alpha value is -8.12. The predicted octanol–water partition coefficient (Wildman–Crippen LogP) is 8.77. The Kier molecular flexibility index (Phi) is 19.4. The van der Waals surface area contributed by atoms with Gasteiger partial charge in [-0.15, -0.1) is 0 Å². The van der Waals surface area contributed by atoms with Crippen molar-refractivity contribution in [1.29, 1.82) is 0 Å². The number of aromatic nitrogens is 6. The molecule has 9 aromatic rings. The molecule has 2 aliphatic heterocycles. The SMILES string of the molecule is COc1ccc(C(OC[C@H]2O[C@@H](n3cnc4c(=O)[nH]c(NCC(C)C)nc43)[C@H](O)[C@@H]2OP(C)(=O)OC[C@H]2O[C@@H](n3ccc(NCc4ccccc4)nc3=O)[C@H](O)[C@@H]2O[Si](c2ccccc2)(c2ccccc2)C(C)(C)C)(c2ccccc2)c2ccc(OC)cc2)cc1. The van der Waals surface area contributed by atoms with E-state index in [1.807, 2.05) is 184 Å². The summed E-state index contributed by atoms with van der Waals surface area (Å²) in [7, 11) is -4.77. The number of nitrogens with zero attached hydrogens (tertiary/aromatic N) is 5. The van der Waals surface area contributed by atoms with Crippen LogP contribution < -0.4 is 41.7 Å². The number of aliphatic hydroxyl groups is 2. The summed E-state index contributed by atoms with van der Waals surface area (Å²) in [5.41, 5.74) is 0.570. The Morgan fingerprint density at radius 2 is 1.20 bits per heavy atom. The molecule has 21 nitrogen and oxygen atoms in total. The van der Waals surface area contributed by atoms with Crippen molar-refractivity contribution < 1.29 is 51.9 Å². The number of imidazole rings is 1. The third-order valence-electron chi connectivity index (χ3n) is 16.6. The van der Waals surface area contributed by atoms with Gasteiger partial charge < -0.3 is 53.5 Å². The van der Waals surface area contributed by atoms with E-state index in [1.54, 1.807) is 20.3 Å². The number of hydrogen-bond acceptors (Lipinski definition) is 18. The number of benzene rings is 6. The van der Waals surface area contributed by atoms with Crippen LogP contribution in [0.25, 0.3) is 11.2 Å². The number of aromatic amines is 1. The molecule has 476 valence electrons. The van der Waals surface area contributed by atoms with Gasteiger partial charge in [-0.05, 0) is 73.9 Å². The second-order valence-corrected chi connectivity index (χ2v) is 30.4. The molecule has 2 aliphatic rings. The molecule has 5 heterocycles. The number of fused-ring (bicyclic) bond motifs is 1. The van der Waals surface area contributed by atoms with Gasteiger partial charge in [-0.1, -0.05) is 180 Å². The highest BCUT2D eigenvalue weighted by molar-refractivity contribution is 7.53. The number of methoxy groups -OCH3 is 2. The van der Waals surface area contributed by atoms with Crippen LogP contribution in [0.1, 0.15) is 69.3 Å². The smallest absolute Gasteiger partial charge is 0.351 e. The van der Waals surface area contributed by atoms with Gasteiger partial charge in [-0.2, -0.15) is 9.97 Å². The maximum atomic E-state index is 15.5. The number of nitrogens with one attached hydrogen (secondary N) is 3. The Bertz CT molecular complexity index is 3960. The van der Waals surface area contributed by atoms with E-state index in [2.05, 4.69) is 46.4 Å². The summed E-state index contributed by atoms with van der Waals surface area (Å²) in [4.78, 5) is 43.9. The van der Waals surface area contributed by atoms with Crippen LogP contribution in [0.2, 0.25) is 5.04 Å². The molecule has 0 radical (unpaired) electrons. The van der Waals surface area contributed by atoms with E-state index >= 15 is 4.57 Å². The quantitative estimate of drug-likeness (QED) is 0.0204. The van der Waals surface area contributed by atoms with E-state index in [9.17, 15) is 19.8 Å². The summed E-state index contributed by atoms with van der Waals surface area (Å²) < 4.78 is 71.0. The zero-order chi connectivity index (χ0) is 64.1. The monoisotopic (exact) mass is 1270 g/mol. The molecule has 23 heteroatoms. The molecule has 5 N–H and O–H groups in total. The maximum Gasteiger partial charge on any atom is 0.351 e. The lowest BCUT2D eigenvalue weighted by molar-refractivity contribution is -0.0933. The summed E-state index contributed by atoms with van der Waals surface area (Å²) in [6.07, 6.45) is -8.18. The molecule has 2 saturated heterocycles. The molecule has 0 saturated carbocycles. The van der Waals surface area contributed by atoms with Crippen molar-refractivity contribution in [3.8, 4) is 11.5 Å². The largest absolute Gasteiger partial charge is 0.497 e. The van der Waals surface area contributed by atoms with Crippen molar-refractivity contribution in [3.63, 3.8) is 0 Å².